The van der Waals surface area contributed by atoms with Crippen LogP contribution in [0.1, 0.15) is 32.4 Å². The number of aryl methyl sites for hydroxylation is 1. The van der Waals surface area contributed by atoms with Gasteiger partial charge in [-0.05, 0) is 19.3 Å². The molecule has 1 rings (SSSR count). The Hall–Kier alpha value is -1.63. The SMILES string of the molecule is Cc1csc(=O)n1CCC(=O)N[C@@H](CC(C)C)C(=O)O. The molecule has 0 saturated heterocycles. The molecule has 1 aromatic rings. The number of carbonyl (C=O) groups is 2. The van der Waals surface area contributed by atoms with Gasteiger partial charge < -0.3 is 15.0 Å². The smallest absolute Gasteiger partial charge is 0.326 e. The van der Waals surface area contributed by atoms with E-state index in [2.05, 4.69) is 5.32 Å². The first kappa shape index (κ1) is 16.4. The molecule has 0 saturated carbocycles. The fourth-order valence-electron chi connectivity index (χ4n) is 1.85. The van der Waals surface area contributed by atoms with Crippen molar-refractivity contribution in [3.05, 3.63) is 20.7 Å². The molecule has 0 aromatic carbocycles. The molecule has 0 spiro atoms. The van der Waals surface area contributed by atoms with Crippen molar-refractivity contribution in [3.63, 3.8) is 0 Å². The van der Waals surface area contributed by atoms with Crippen LogP contribution >= 0.6 is 11.3 Å². The first-order valence-corrected chi connectivity index (χ1v) is 7.36. The van der Waals surface area contributed by atoms with Crippen LogP contribution in [0, 0.1) is 12.8 Å². The molecular formula is C13H20N2O4S. The van der Waals surface area contributed by atoms with Crippen LogP contribution in [-0.2, 0) is 16.1 Å². The summed E-state index contributed by atoms with van der Waals surface area (Å²) in [6.07, 6.45) is 0.484. The van der Waals surface area contributed by atoms with Crippen molar-refractivity contribution < 1.29 is 14.7 Å². The number of thiazole rings is 1. The fourth-order valence-corrected chi connectivity index (χ4v) is 2.61. The van der Waals surface area contributed by atoms with E-state index in [0.717, 1.165) is 17.0 Å². The average molecular weight is 300 g/mol. The highest BCUT2D eigenvalue weighted by molar-refractivity contribution is 7.07. The molecule has 1 amide bonds. The van der Waals surface area contributed by atoms with Gasteiger partial charge in [0.1, 0.15) is 6.04 Å². The van der Waals surface area contributed by atoms with Crippen molar-refractivity contribution in [2.45, 2.75) is 46.2 Å². The van der Waals surface area contributed by atoms with Crippen molar-refractivity contribution >= 4 is 23.2 Å². The molecule has 0 aliphatic rings. The topological polar surface area (TPSA) is 88.4 Å². The third-order valence-corrected chi connectivity index (χ3v) is 3.76. The molecule has 1 heterocycles. The van der Waals surface area contributed by atoms with Crippen LogP contribution in [-0.4, -0.2) is 27.6 Å². The van der Waals surface area contributed by atoms with Crippen molar-refractivity contribution in [2.24, 2.45) is 5.92 Å². The summed E-state index contributed by atoms with van der Waals surface area (Å²) in [6.45, 7) is 5.87. The van der Waals surface area contributed by atoms with Crippen molar-refractivity contribution in [1.29, 1.82) is 0 Å². The number of hydrogen-bond donors (Lipinski definition) is 2. The maximum atomic E-state index is 11.8. The lowest BCUT2D eigenvalue weighted by Gasteiger charge is -2.16. The normalized spacial score (nSPS) is 12.4. The minimum atomic E-state index is -1.03. The molecule has 0 fully saturated rings. The van der Waals surface area contributed by atoms with Crippen LogP contribution in [0.15, 0.2) is 10.2 Å². The first-order chi connectivity index (χ1) is 9.31. The zero-order valence-corrected chi connectivity index (χ0v) is 12.7. The van der Waals surface area contributed by atoms with Crippen LogP contribution in [0.5, 0.6) is 0 Å². The lowest BCUT2D eigenvalue weighted by Crippen LogP contribution is -2.42. The second-order valence-electron chi connectivity index (χ2n) is 5.13. The Morgan fingerprint density at radius 1 is 1.45 bits per heavy atom. The van der Waals surface area contributed by atoms with Crippen LogP contribution in [0.4, 0.5) is 0 Å². The van der Waals surface area contributed by atoms with E-state index >= 15 is 0 Å². The maximum absolute atomic E-state index is 11.8. The number of amides is 1. The Labute approximate surface area is 121 Å². The quantitative estimate of drug-likeness (QED) is 0.792. The predicted octanol–water partition coefficient (Wildman–Crippen LogP) is 1.22. The number of carboxylic acids is 1. The van der Waals surface area contributed by atoms with Gasteiger partial charge in [-0.1, -0.05) is 25.2 Å². The van der Waals surface area contributed by atoms with Crippen molar-refractivity contribution in [1.82, 2.24) is 9.88 Å². The largest absolute Gasteiger partial charge is 0.480 e. The third kappa shape index (κ3) is 4.80. The van der Waals surface area contributed by atoms with Crippen LogP contribution < -0.4 is 10.2 Å². The highest BCUT2D eigenvalue weighted by Gasteiger charge is 2.20. The van der Waals surface area contributed by atoms with Gasteiger partial charge in [-0.15, -0.1) is 0 Å². The van der Waals surface area contributed by atoms with E-state index in [-0.39, 0.29) is 29.7 Å². The Balaban J connectivity index is 2.54. The van der Waals surface area contributed by atoms with Crippen LogP contribution in [0.25, 0.3) is 0 Å². The fraction of sp³-hybridized carbons (Fsp3) is 0.615. The number of hydrogen-bond acceptors (Lipinski definition) is 4. The maximum Gasteiger partial charge on any atom is 0.326 e. The molecule has 1 aromatic heterocycles. The summed E-state index contributed by atoms with van der Waals surface area (Å²) in [4.78, 5) is 34.2. The summed E-state index contributed by atoms with van der Waals surface area (Å²) in [5, 5.41) is 13.3. The molecule has 0 aliphatic carbocycles. The first-order valence-electron chi connectivity index (χ1n) is 6.48. The Kier molecular flexibility index (Phi) is 5.94. The summed E-state index contributed by atoms with van der Waals surface area (Å²) in [7, 11) is 0. The molecule has 20 heavy (non-hydrogen) atoms. The molecule has 6 nitrogen and oxygen atoms in total. The third-order valence-electron chi connectivity index (χ3n) is 2.88. The molecule has 7 heteroatoms. The van der Waals surface area contributed by atoms with Gasteiger partial charge in [0.2, 0.25) is 5.91 Å². The highest BCUT2D eigenvalue weighted by atomic mass is 32.1. The van der Waals surface area contributed by atoms with E-state index in [4.69, 9.17) is 5.11 Å². The minimum Gasteiger partial charge on any atom is -0.480 e. The monoisotopic (exact) mass is 300 g/mol. The molecule has 112 valence electrons. The second kappa shape index (κ2) is 7.23. The van der Waals surface area contributed by atoms with E-state index < -0.39 is 12.0 Å². The summed E-state index contributed by atoms with van der Waals surface area (Å²) >= 11 is 1.09. The summed E-state index contributed by atoms with van der Waals surface area (Å²) < 4.78 is 1.52. The van der Waals surface area contributed by atoms with Gasteiger partial charge in [-0.25, -0.2) is 4.79 Å². The average Bonchev–Trinajstić information content (AvgIpc) is 2.65. The van der Waals surface area contributed by atoms with Gasteiger partial charge in [0.05, 0.1) is 0 Å². The standard InChI is InChI=1S/C13H20N2O4S/c1-8(2)6-10(12(17)18)14-11(16)4-5-15-9(3)7-20-13(15)19/h7-8,10H,4-6H2,1-3H3,(H,14,16)(H,17,18)/t10-/m0/s1. The molecule has 0 bridgehead atoms. The number of carbonyl (C=O) groups excluding carboxylic acids is 1. The van der Waals surface area contributed by atoms with Crippen molar-refractivity contribution in [3.8, 4) is 0 Å². The molecule has 0 aliphatic heterocycles. The number of nitrogens with zero attached hydrogens (tertiary/aromatic N) is 1. The summed E-state index contributed by atoms with van der Waals surface area (Å²) in [5.41, 5.74) is 0.810. The minimum absolute atomic E-state index is 0.0966. The number of nitrogens with one attached hydrogen (secondary N) is 1. The number of rotatable bonds is 7. The van der Waals surface area contributed by atoms with Crippen LogP contribution in [0.3, 0.4) is 0 Å². The Morgan fingerprint density at radius 3 is 2.55 bits per heavy atom. The zero-order valence-electron chi connectivity index (χ0n) is 11.9. The lowest BCUT2D eigenvalue weighted by atomic mass is 10.0. The van der Waals surface area contributed by atoms with Gasteiger partial charge in [0.15, 0.2) is 0 Å². The second-order valence-corrected chi connectivity index (χ2v) is 5.95. The van der Waals surface area contributed by atoms with E-state index in [9.17, 15) is 14.4 Å². The van der Waals surface area contributed by atoms with E-state index in [0.29, 0.717) is 6.42 Å². The number of aromatic nitrogens is 1. The van der Waals surface area contributed by atoms with Gasteiger partial charge in [-0.3, -0.25) is 9.59 Å². The summed E-state index contributed by atoms with van der Waals surface area (Å²) in [5.74, 6) is -1.20. The van der Waals surface area contributed by atoms with Crippen molar-refractivity contribution in [2.75, 3.05) is 0 Å². The van der Waals surface area contributed by atoms with E-state index in [1.807, 2.05) is 13.8 Å². The molecular weight excluding hydrogens is 280 g/mol. The molecule has 0 unspecified atom stereocenters. The Morgan fingerprint density at radius 2 is 2.10 bits per heavy atom. The van der Waals surface area contributed by atoms with Gasteiger partial charge in [0.25, 0.3) is 0 Å². The van der Waals surface area contributed by atoms with Gasteiger partial charge in [-0.2, -0.15) is 0 Å². The zero-order chi connectivity index (χ0) is 15.3. The van der Waals surface area contributed by atoms with Gasteiger partial charge >= 0.3 is 10.8 Å². The lowest BCUT2D eigenvalue weighted by molar-refractivity contribution is -0.142. The number of carboxylic acid groups (broad SMARTS) is 1. The summed E-state index contributed by atoms with van der Waals surface area (Å²) in [6, 6.07) is -0.872. The number of aliphatic carboxylic acids is 1. The van der Waals surface area contributed by atoms with E-state index in [1.54, 1.807) is 12.3 Å². The van der Waals surface area contributed by atoms with Gasteiger partial charge in [0, 0.05) is 24.0 Å². The Bertz CT molecular complexity index is 533. The van der Waals surface area contributed by atoms with Crippen LogP contribution in [0.2, 0.25) is 0 Å². The van der Waals surface area contributed by atoms with E-state index in [1.165, 1.54) is 4.57 Å². The molecule has 1 atom stereocenters. The predicted molar refractivity (Wildman–Crippen MR) is 77.0 cm³/mol. The molecule has 0 radical (unpaired) electrons. The molecule has 2 N–H and O–H groups in total. The highest BCUT2D eigenvalue weighted by Crippen LogP contribution is 2.06.